The summed E-state index contributed by atoms with van der Waals surface area (Å²) in [5.74, 6) is -1.34. The molecule has 1 unspecified atom stereocenters. The predicted molar refractivity (Wildman–Crippen MR) is 75.0 cm³/mol. The number of hydrogen-bond donors (Lipinski definition) is 4. The van der Waals surface area contributed by atoms with Crippen LogP contribution in [0.25, 0.3) is 0 Å². The Kier molecular flexibility index (Phi) is 7.02. The van der Waals surface area contributed by atoms with Crippen LogP contribution in [0, 0.1) is 11.8 Å². The van der Waals surface area contributed by atoms with Crippen LogP contribution in [0.5, 0.6) is 0 Å². The molecule has 0 radical (unpaired) electrons. The van der Waals surface area contributed by atoms with Gasteiger partial charge in [0.05, 0.1) is 0 Å². The Hall–Kier alpha value is -1.79. The number of carbonyl (C=O) groups excluding carboxylic acids is 2. The van der Waals surface area contributed by atoms with Crippen molar-refractivity contribution in [3.05, 3.63) is 0 Å². The number of carbonyl (C=O) groups is 3. The van der Waals surface area contributed by atoms with E-state index in [4.69, 9.17) is 10.8 Å². The predicted octanol–water partition coefficient (Wildman–Crippen LogP) is 0.687. The van der Waals surface area contributed by atoms with Crippen LogP contribution < -0.4 is 16.4 Å². The van der Waals surface area contributed by atoms with Gasteiger partial charge < -0.3 is 21.5 Å². The van der Waals surface area contributed by atoms with Gasteiger partial charge in [0, 0.05) is 13.0 Å². The minimum absolute atomic E-state index is 0.00231. The summed E-state index contributed by atoms with van der Waals surface area (Å²) < 4.78 is 0. The third-order valence-electron chi connectivity index (χ3n) is 2.86. The third kappa shape index (κ3) is 7.60. The Morgan fingerprint density at radius 3 is 2.20 bits per heavy atom. The van der Waals surface area contributed by atoms with E-state index in [9.17, 15) is 14.4 Å². The van der Waals surface area contributed by atoms with E-state index in [1.54, 1.807) is 0 Å². The number of nitrogens with one attached hydrogen (secondary N) is 2. The summed E-state index contributed by atoms with van der Waals surface area (Å²) in [7, 11) is 0. The molecule has 7 nitrogen and oxygen atoms in total. The molecule has 116 valence electrons. The molecule has 0 aromatic carbocycles. The Morgan fingerprint density at radius 1 is 1.25 bits per heavy atom. The number of carboxylic acid groups (broad SMARTS) is 1. The van der Waals surface area contributed by atoms with Gasteiger partial charge >= 0.3 is 12.0 Å². The van der Waals surface area contributed by atoms with Gasteiger partial charge in [-0.15, -0.1) is 0 Å². The van der Waals surface area contributed by atoms with E-state index in [1.807, 2.05) is 13.8 Å². The molecule has 0 bridgehead atoms. The Bertz CT molecular complexity index is 367. The lowest BCUT2D eigenvalue weighted by Gasteiger charge is -2.24. The first-order chi connectivity index (χ1) is 9.04. The summed E-state index contributed by atoms with van der Waals surface area (Å²) >= 11 is 0. The van der Waals surface area contributed by atoms with Gasteiger partial charge in [-0.2, -0.15) is 0 Å². The van der Waals surface area contributed by atoms with Gasteiger partial charge in [0.15, 0.2) is 0 Å². The fourth-order valence-corrected chi connectivity index (χ4v) is 1.78. The molecule has 0 aliphatic carbocycles. The lowest BCUT2D eigenvalue weighted by Crippen LogP contribution is -2.56. The molecule has 7 heteroatoms. The summed E-state index contributed by atoms with van der Waals surface area (Å²) in [4.78, 5) is 33.5. The summed E-state index contributed by atoms with van der Waals surface area (Å²) in [6.07, 6.45) is 0.698. The highest BCUT2D eigenvalue weighted by Gasteiger charge is 2.27. The second-order valence-electron chi connectivity index (χ2n) is 5.92. The van der Waals surface area contributed by atoms with Crippen LogP contribution in [0.2, 0.25) is 0 Å². The molecule has 1 atom stereocenters. The first-order valence-electron chi connectivity index (χ1n) is 6.62. The highest BCUT2D eigenvalue weighted by atomic mass is 16.4. The van der Waals surface area contributed by atoms with E-state index in [1.165, 1.54) is 13.8 Å². The Labute approximate surface area is 119 Å². The molecule has 0 aromatic heterocycles. The second kappa shape index (κ2) is 7.72. The standard InChI is InChI=1S/C13H25N3O4/c1-8(2)5-9(6-10(17)18)7-15-12(20)16-13(3,4)11(14)19/h8-9H,5-7H2,1-4H3,(H2,14,19)(H,17,18)(H2,15,16,20). The van der Waals surface area contributed by atoms with Gasteiger partial charge in [-0.05, 0) is 32.1 Å². The van der Waals surface area contributed by atoms with Crippen LogP contribution in [0.1, 0.15) is 40.5 Å². The third-order valence-corrected chi connectivity index (χ3v) is 2.86. The van der Waals surface area contributed by atoms with Crippen LogP contribution >= 0.6 is 0 Å². The van der Waals surface area contributed by atoms with Crippen molar-refractivity contribution in [1.82, 2.24) is 10.6 Å². The minimum atomic E-state index is -1.15. The molecule has 0 saturated carbocycles. The number of carboxylic acids is 1. The molecule has 0 saturated heterocycles. The molecular formula is C13H25N3O4. The van der Waals surface area contributed by atoms with Crippen molar-refractivity contribution < 1.29 is 19.5 Å². The van der Waals surface area contributed by atoms with Gasteiger partial charge in [0.25, 0.3) is 0 Å². The van der Waals surface area contributed by atoms with E-state index in [0.29, 0.717) is 12.3 Å². The summed E-state index contributed by atoms with van der Waals surface area (Å²) in [6.45, 7) is 7.22. The zero-order valence-electron chi connectivity index (χ0n) is 12.5. The second-order valence-corrected chi connectivity index (χ2v) is 5.92. The highest BCUT2D eigenvalue weighted by molar-refractivity contribution is 5.89. The fourth-order valence-electron chi connectivity index (χ4n) is 1.78. The van der Waals surface area contributed by atoms with Gasteiger partial charge in [-0.1, -0.05) is 13.8 Å². The summed E-state index contributed by atoms with van der Waals surface area (Å²) in [6, 6.07) is -0.534. The fraction of sp³-hybridized carbons (Fsp3) is 0.769. The van der Waals surface area contributed by atoms with E-state index in [2.05, 4.69) is 10.6 Å². The maximum Gasteiger partial charge on any atom is 0.315 e. The van der Waals surface area contributed by atoms with E-state index in [-0.39, 0.29) is 18.9 Å². The lowest BCUT2D eigenvalue weighted by molar-refractivity contribution is -0.138. The quantitative estimate of drug-likeness (QED) is 0.524. The normalized spacial score (nSPS) is 12.8. The van der Waals surface area contributed by atoms with Crippen molar-refractivity contribution in [3.8, 4) is 0 Å². The Morgan fingerprint density at radius 2 is 1.80 bits per heavy atom. The molecule has 5 N–H and O–H groups in total. The molecule has 0 aromatic rings. The van der Waals surface area contributed by atoms with Crippen molar-refractivity contribution >= 4 is 17.9 Å². The van der Waals surface area contributed by atoms with Crippen molar-refractivity contribution in [3.63, 3.8) is 0 Å². The largest absolute Gasteiger partial charge is 0.481 e. The van der Waals surface area contributed by atoms with Gasteiger partial charge in [-0.25, -0.2) is 4.79 Å². The van der Waals surface area contributed by atoms with Crippen molar-refractivity contribution in [1.29, 1.82) is 0 Å². The van der Waals surface area contributed by atoms with Gasteiger partial charge in [0.1, 0.15) is 5.54 Å². The zero-order chi connectivity index (χ0) is 15.9. The minimum Gasteiger partial charge on any atom is -0.481 e. The average molecular weight is 287 g/mol. The number of urea groups is 1. The maximum absolute atomic E-state index is 11.7. The molecule has 3 amide bonds. The number of amides is 3. The molecule has 0 aliphatic heterocycles. The number of hydrogen-bond acceptors (Lipinski definition) is 3. The number of rotatable bonds is 8. The molecule has 20 heavy (non-hydrogen) atoms. The molecule has 0 heterocycles. The SMILES string of the molecule is CC(C)CC(CNC(=O)NC(C)(C)C(N)=O)CC(=O)O. The summed E-state index contributed by atoms with van der Waals surface area (Å²) in [5.41, 5.74) is 4.00. The lowest BCUT2D eigenvalue weighted by atomic mass is 9.94. The number of primary amides is 1. The van der Waals surface area contributed by atoms with Crippen LogP contribution in [0.3, 0.4) is 0 Å². The topological polar surface area (TPSA) is 122 Å². The number of nitrogens with two attached hydrogens (primary N) is 1. The van der Waals surface area contributed by atoms with Crippen molar-refractivity contribution in [2.75, 3.05) is 6.54 Å². The molecule has 0 spiro atoms. The van der Waals surface area contributed by atoms with Crippen LogP contribution in [-0.4, -0.2) is 35.1 Å². The molecule has 0 fully saturated rings. The first-order valence-corrected chi connectivity index (χ1v) is 6.62. The van der Waals surface area contributed by atoms with E-state index in [0.717, 1.165) is 0 Å². The van der Waals surface area contributed by atoms with Crippen LogP contribution in [0.4, 0.5) is 4.79 Å². The van der Waals surface area contributed by atoms with Crippen molar-refractivity contribution in [2.24, 2.45) is 17.6 Å². The monoisotopic (exact) mass is 287 g/mol. The first kappa shape index (κ1) is 18.2. The zero-order valence-corrected chi connectivity index (χ0v) is 12.5. The maximum atomic E-state index is 11.7. The van der Waals surface area contributed by atoms with Gasteiger partial charge in [-0.3, -0.25) is 9.59 Å². The molecule has 0 aliphatic rings. The summed E-state index contributed by atoms with van der Waals surface area (Å²) in [5, 5.41) is 13.9. The van der Waals surface area contributed by atoms with Crippen LogP contribution in [-0.2, 0) is 9.59 Å². The van der Waals surface area contributed by atoms with E-state index >= 15 is 0 Å². The molecular weight excluding hydrogens is 262 g/mol. The number of aliphatic carboxylic acids is 1. The average Bonchev–Trinajstić information content (AvgIpc) is 2.23. The molecule has 0 rings (SSSR count). The smallest absolute Gasteiger partial charge is 0.315 e. The van der Waals surface area contributed by atoms with Crippen LogP contribution in [0.15, 0.2) is 0 Å². The van der Waals surface area contributed by atoms with Crippen molar-refractivity contribution in [2.45, 2.75) is 46.1 Å². The van der Waals surface area contributed by atoms with E-state index < -0.39 is 23.4 Å². The highest BCUT2D eigenvalue weighted by Crippen LogP contribution is 2.14. The Balaban J connectivity index is 4.36. The van der Waals surface area contributed by atoms with Gasteiger partial charge in [0.2, 0.25) is 5.91 Å².